The molecule has 0 spiro atoms. The summed E-state index contributed by atoms with van der Waals surface area (Å²) in [6.07, 6.45) is -0.433. The van der Waals surface area contributed by atoms with Crippen LogP contribution in [0.2, 0.25) is 5.02 Å². The average molecular weight is 374 g/mol. The van der Waals surface area contributed by atoms with Gasteiger partial charge in [0.15, 0.2) is 5.13 Å². The first-order chi connectivity index (χ1) is 12.2. The maximum absolute atomic E-state index is 10.4. The number of hydrogen-bond acceptors (Lipinski definition) is 5. The predicted molar refractivity (Wildman–Crippen MR) is 105 cm³/mol. The molecule has 1 aliphatic heterocycles. The number of aliphatic hydroxyl groups is 1. The lowest BCUT2D eigenvalue weighted by molar-refractivity contribution is 0.109. The van der Waals surface area contributed by atoms with E-state index in [9.17, 15) is 5.11 Å². The van der Waals surface area contributed by atoms with Crippen molar-refractivity contribution in [2.24, 2.45) is 0 Å². The molecule has 0 saturated carbocycles. The molecule has 2 aromatic carbocycles. The second kappa shape index (κ2) is 7.30. The molecule has 130 valence electrons. The fourth-order valence-electron chi connectivity index (χ4n) is 3.17. The number of anilines is 1. The maximum Gasteiger partial charge on any atom is 0.186 e. The number of β-amino-alcohol motifs (C(OH)–C–C–N with tert-alkyl or cyclic N) is 1. The molecule has 4 nitrogen and oxygen atoms in total. The summed E-state index contributed by atoms with van der Waals surface area (Å²) in [5.41, 5.74) is 1.99. The van der Waals surface area contributed by atoms with E-state index >= 15 is 0 Å². The molecule has 25 heavy (non-hydrogen) atoms. The molecule has 0 radical (unpaired) electrons. The van der Waals surface area contributed by atoms with E-state index in [2.05, 4.69) is 9.80 Å². The molecule has 1 fully saturated rings. The summed E-state index contributed by atoms with van der Waals surface area (Å²) in [5, 5.41) is 12.2. The standard InChI is InChI=1S/C19H20ClN3OS/c20-15-6-7-16-18(12-15)25-19(21-16)23-10-8-22(9-11-23)13-17(24)14-4-2-1-3-5-14/h1-7,12,17,24H,8-11,13H2. The highest BCUT2D eigenvalue weighted by molar-refractivity contribution is 7.22. The summed E-state index contributed by atoms with van der Waals surface area (Å²) in [7, 11) is 0. The molecule has 1 aliphatic rings. The van der Waals surface area contributed by atoms with Crippen molar-refractivity contribution in [2.75, 3.05) is 37.6 Å². The molecule has 1 unspecified atom stereocenters. The molecule has 1 atom stereocenters. The van der Waals surface area contributed by atoms with Crippen LogP contribution in [-0.2, 0) is 0 Å². The van der Waals surface area contributed by atoms with Crippen molar-refractivity contribution < 1.29 is 5.11 Å². The van der Waals surface area contributed by atoms with E-state index in [0.29, 0.717) is 6.54 Å². The van der Waals surface area contributed by atoms with Crippen LogP contribution in [0.4, 0.5) is 5.13 Å². The summed E-state index contributed by atoms with van der Waals surface area (Å²) >= 11 is 7.76. The van der Waals surface area contributed by atoms with Crippen molar-refractivity contribution in [1.29, 1.82) is 0 Å². The maximum atomic E-state index is 10.4. The fraction of sp³-hybridized carbons (Fsp3) is 0.316. The Morgan fingerprint density at radius 1 is 1.08 bits per heavy atom. The molecular formula is C19H20ClN3OS. The van der Waals surface area contributed by atoms with Crippen molar-refractivity contribution in [1.82, 2.24) is 9.88 Å². The lowest BCUT2D eigenvalue weighted by Crippen LogP contribution is -2.47. The Labute approximate surface area is 156 Å². The van der Waals surface area contributed by atoms with Crippen molar-refractivity contribution in [3.8, 4) is 0 Å². The van der Waals surface area contributed by atoms with Gasteiger partial charge in [-0.15, -0.1) is 0 Å². The summed E-state index contributed by atoms with van der Waals surface area (Å²) in [4.78, 5) is 9.37. The monoisotopic (exact) mass is 373 g/mol. The largest absolute Gasteiger partial charge is 0.387 e. The molecule has 6 heteroatoms. The minimum atomic E-state index is -0.433. The van der Waals surface area contributed by atoms with Gasteiger partial charge in [-0.25, -0.2) is 4.98 Å². The minimum absolute atomic E-state index is 0.433. The van der Waals surface area contributed by atoms with Gasteiger partial charge in [0.2, 0.25) is 0 Å². The van der Waals surface area contributed by atoms with E-state index < -0.39 is 6.10 Å². The highest BCUT2D eigenvalue weighted by Crippen LogP contribution is 2.31. The molecule has 3 aromatic rings. The van der Waals surface area contributed by atoms with Crippen LogP contribution >= 0.6 is 22.9 Å². The Kier molecular flexibility index (Phi) is 4.90. The molecule has 0 amide bonds. The first-order valence-corrected chi connectivity index (χ1v) is 9.65. The second-order valence-electron chi connectivity index (χ2n) is 6.32. The Balaban J connectivity index is 1.37. The average Bonchev–Trinajstić information content (AvgIpc) is 3.06. The van der Waals surface area contributed by atoms with Gasteiger partial charge in [-0.2, -0.15) is 0 Å². The van der Waals surface area contributed by atoms with Crippen LogP contribution in [0.25, 0.3) is 10.2 Å². The van der Waals surface area contributed by atoms with Gasteiger partial charge >= 0.3 is 0 Å². The van der Waals surface area contributed by atoms with Crippen LogP contribution in [0.5, 0.6) is 0 Å². The number of nitrogens with zero attached hydrogens (tertiary/aromatic N) is 3. The number of fused-ring (bicyclic) bond motifs is 1. The number of aromatic nitrogens is 1. The van der Waals surface area contributed by atoms with E-state index in [1.54, 1.807) is 11.3 Å². The molecule has 1 aromatic heterocycles. The highest BCUT2D eigenvalue weighted by Gasteiger charge is 2.22. The second-order valence-corrected chi connectivity index (χ2v) is 7.77. The molecule has 0 bridgehead atoms. The Bertz CT molecular complexity index is 846. The highest BCUT2D eigenvalue weighted by atomic mass is 35.5. The van der Waals surface area contributed by atoms with E-state index in [-0.39, 0.29) is 0 Å². The Hall–Kier alpha value is -1.66. The predicted octanol–water partition coefficient (Wildman–Crippen LogP) is 3.81. The third-order valence-corrected chi connectivity index (χ3v) is 5.91. The fourth-order valence-corrected chi connectivity index (χ4v) is 4.46. The number of halogens is 1. The zero-order chi connectivity index (χ0) is 17.2. The van der Waals surface area contributed by atoms with Gasteiger partial charge in [-0.05, 0) is 23.8 Å². The van der Waals surface area contributed by atoms with Crippen LogP contribution in [0.1, 0.15) is 11.7 Å². The van der Waals surface area contributed by atoms with Gasteiger partial charge in [0.1, 0.15) is 0 Å². The van der Waals surface area contributed by atoms with Crippen molar-refractivity contribution >= 4 is 38.3 Å². The zero-order valence-corrected chi connectivity index (χ0v) is 15.4. The third-order valence-electron chi connectivity index (χ3n) is 4.60. The van der Waals surface area contributed by atoms with Crippen LogP contribution in [0, 0.1) is 0 Å². The zero-order valence-electron chi connectivity index (χ0n) is 13.8. The van der Waals surface area contributed by atoms with E-state index in [4.69, 9.17) is 16.6 Å². The topological polar surface area (TPSA) is 39.6 Å². The van der Waals surface area contributed by atoms with Gasteiger partial charge in [-0.1, -0.05) is 53.3 Å². The van der Waals surface area contributed by atoms with Crippen molar-refractivity contribution in [3.63, 3.8) is 0 Å². The van der Waals surface area contributed by atoms with Gasteiger partial charge in [0.25, 0.3) is 0 Å². The molecule has 2 heterocycles. The number of hydrogen-bond donors (Lipinski definition) is 1. The lowest BCUT2D eigenvalue weighted by Gasteiger charge is -2.35. The quantitative estimate of drug-likeness (QED) is 0.755. The van der Waals surface area contributed by atoms with Crippen LogP contribution in [0.3, 0.4) is 0 Å². The Morgan fingerprint density at radius 2 is 1.84 bits per heavy atom. The van der Waals surface area contributed by atoms with Crippen LogP contribution < -0.4 is 4.90 Å². The summed E-state index contributed by atoms with van der Waals surface area (Å²) < 4.78 is 1.13. The number of benzene rings is 2. The molecule has 4 rings (SSSR count). The summed E-state index contributed by atoms with van der Waals surface area (Å²) in [5.74, 6) is 0. The van der Waals surface area contributed by atoms with Gasteiger partial charge in [0.05, 0.1) is 16.3 Å². The normalized spacial score (nSPS) is 17.1. The number of piperazine rings is 1. The van der Waals surface area contributed by atoms with E-state index in [1.165, 1.54) is 0 Å². The first-order valence-electron chi connectivity index (χ1n) is 8.45. The molecule has 1 saturated heterocycles. The number of rotatable bonds is 4. The molecular weight excluding hydrogens is 354 g/mol. The SMILES string of the molecule is OC(CN1CCN(c2nc3ccc(Cl)cc3s2)CC1)c1ccccc1. The first kappa shape index (κ1) is 16.8. The van der Waals surface area contributed by atoms with E-state index in [1.807, 2.05) is 48.5 Å². The van der Waals surface area contributed by atoms with Gasteiger partial charge < -0.3 is 10.0 Å². The molecule has 0 aliphatic carbocycles. The van der Waals surface area contributed by atoms with Crippen molar-refractivity contribution in [3.05, 3.63) is 59.1 Å². The third kappa shape index (κ3) is 3.80. The van der Waals surface area contributed by atoms with E-state index in [0.717, 1.165) is 52.1 Å². The summed E-state index contributed by atoms with van der Waals surface area (Å²) in [6, 6.07) is 15.7. The number of thiazole rings is 1. The lowest BCUT2D eigenvalue weighted by atomic mass is 10.1. The smallest absolute Gasteiger partial charge is 0.186 e. The van der Waals surface area contributed by atoms with Crippen LogP contribution in [-0.4, -0.2) is 47.7 Å². The minimum Gasteiger partial charge on any atom is -0.387 e. The Morgan fingerprint density at radius 3 is 2.60 bits per heavy atom. The van der Waals surface area contributed by atoms with Gasteiger partial charge in [0, 0.05) is 37.7 Å². The van der Waals surface area contributed by atoms with Crippen LogP contribution in [0.15, 0.2) is 48.5 Å². The summed E-state index contributed by atoms with van der Waals surface area (Å²) in [6.45, 7) is 4.39. The van der Waals surface area contributed by atoms with Gasteiger partial charge in [-0.3, -0.25) is 4.90 Å². The van der Waals surface area contributed by atoms with Crippen molar-refractivity contribution in [2.45, 2.75) is 6.10 Å². The molecule has 1 N–H and O–H groups in total. The number of aliphatic hydroxyl groups excluding tert-OH is 1.